The van der Waals surface area contributed by atoms with Crippen molar-refractivity contribution in [3.63, 3.8) is 0 Å². The first-order valence-corrected chi connectivity index (χ1v) is 9.52. The van der Waals surface area contributed by atoms with Crippen molar-refractivity contribution in [3.05, 3.63) is 29.8 Å². The van der Waals surface area contributed by atoms with Crippen molar-refractivity contribution in [2.45, 2.75) is 30.7 Å². The van der Waals surface area contributed by atoms with Gasteiger partial charge in [0.15, 0.2) is 9.84 Å². The maximum atomic E-state index is 12.7. The molecule has 140 valence electrons. The summed E-state index contributed by atoms with van der Waals surface area (Å²) in [4.78, 5) is 25.2. The number of piperidine rings is 1. The summed E-state index contributed by atoms with van der Waals surface area (Å²) in [5.74, 6) is -1.29. The zero-order valence-electron chi connectivity index (χ0n) is 14.1. The SMILES string of the molecule is CC1CCN(C(=O)c2ccc(S(=O)(=O)CC(N)=O)cc2)C(CN)C1.Cl. The molecule has 4 N–H and O–H groups in total. The molecule has 2 amide bonds. The van der Waals surface area contributed by atoms with E-state index in [2.05, 4.69) is 6.92 Å². The van der Waals surface area contributed by atoms with Crippen LogP contribution in [0, 0.1) is 5.92 Å². The highest BCUT2D eigenvalue weighted by molar-refractivity contribution is 7.92. The third kappa shape index (κ3) is 5.17. The molecule has 7 nitrogen and oxygen atoms in total. The van der Waals surface area contributed by atoms with Crippen LogP contribution in [0.15, 0.2) is 29.2 Å². The molecule has 0 radical (unpaired) electrons. The van der Waals surface area contributed by atoms with Crippen molar-refractivity contribution in [2.24, 2.45) is 17.4 Å². The van der Waals surface area contributed by atoms with Gasteiger partial charge >= 0.3 is 0 Å². The Labute approximate surface area is 154 Å². The number of hydrogen-bond donors (Lipinski definition) is 2. The lowest BCUT2D eigenvalue weighted by atomic mass is 9.92. The Morgan fingerprint density at radius 1 is 1.24 bits per heavy atom. The standard InChI is InChI=1S/C16H23N3O4S.ClH/c1-11-6-7-19(13(8-11)9-17)16(21)12-2-4-14(5-3-12)24(22,23)10-15(18)20;/h2-5,11,13H,6-10,17H2,1H3,(H2,18,20);1H. The number of nitrogens with zero attached hydrogens (tertiary/aromatic N) is 1. The smallest absolute Gasteiger partial charge is 0.254 e. The van der Waals surface area contributed by atoms with E-state index >= 15 is 0 Å². The lowest BCUT2D eigenvalue weighted by Gasteiger charge is -2.38. The number of nitrogens with two attached hydrogens (primary N) is 2. The Morgan fingerprint density at radius 2 is 1.84 bits per heavy atom. The second-order valence-corrected chi connectivity index (χ2v) is 8.26. The minimum atomic E-state index is -3.77. The first-order valence-electron chi connectivity index (χ1n) is 7.86. The maximum Gasteiger partial charge on any atom is 0.254 e. The molecule has 1 aliphatic heterocycles. The first-order chi connectivity index (χ1) is 11.2. The number of sulfone groups is 1. The molecule has 0 aliphatic carbocycles. The van der Waals surface area contributed by atoms with Gasteiger partial charge in [-0.1, -0.05) is 6.92 Å². The van der Waals surface area contributed by atoms with E-state index in [0.717, 1.165) is 12.8 Å². The van der Waals surface area contributed by atoms with Crippen LogP contribution < -0.4 is 11.5 Å². The predicted molar refractivity (Wildman–Crippen MR) is 97.2 cm³/mol. The summed E-state index contributed by atoms with van der Waals surface area (Å²) >= 11 is 0. The molecule has 1 aromatic rings. The fraction of sp³-hybridized carbons (Fsp3) is 0.500. The van der Waals surface area contributed by atoms with Crippen LogP contribution in [-0.2, 0) is 14.6 Å². The summed E-state index contributed by atoms with van der Waals surface area (Å²) in [5, 5.41) is 0. The maximum absolute atomic E-state index is 12.7. The van der Waals surface area contributed by atoms with Gasteiger partial charge in [-0.15, -0.1) is 12.4 Å². The average molecular weight is 390 g/mol. The van der Waals surface area contributed by atoms with Gasteiger partial charge in [0, 0.05) is 24.7 Å². The molecule has 2 unspecified atom stereocenters. The molecule has 0 aromatic heterocycles. The van der Waals surface area contributed by atoms with Crippen LogP contribution in [-0.4, -0.2) is 50.0 Å². The van der Waals surface area contributed by atoms with Gasteiger partial charge < -0.3 is 16.4 Å². The Bertz CT molecular complexity index is 721. The molecule has 1 aliphatic rings. The van der Waals surface area contributed by atoms with Gasteiger partial charge in [-0.25, -0.2) is 8.42 Å². The molecule has 1 fully saturated rings. The van der Waals surface area contributed by atoms with Gasteiger partial charge in [-0.2, -0.15) is 0 Å². The highest BCUT2D eigenvalue weighted by Gasteiger charge is 2.29. The molecule has 9 heteroatoms. The number of rotatable bonds is 5. The van der Waals surface area contributed by atoms with Crippen LogP contribution in [0.3, 0.4) is 0 Å². The van der Waals surface area contributed by atoms with Crippen molar-refractivity contribution in [2.75, 3.05) is 18.8 Å². The largest absolute Gasteiger partial charge is 0.369 e. The Hall–Kier alpha value is -1.64. The second-order valence-electron chi connectivity index (χ2n) is 6.27. The molecule has 25 heavy (non-hydrogen) atoms. The summed E-state index contributed by atoms with van der Waals surface area (Å²) in [5.41, 5.74) is 11.1. The van der Waals surface area contributed by atoms with Crippen molar-refractivity contribution >= 4 is 34.1 Å². The van der Waals surface area contributed by atoms with Gasteiger partial charge in [0.2, 0.25) is 5.91 Å². The zero-order chi connectivity index (χ0) is 17.9. The number of carbonyl (C=O) groups is 2. The van der Waals surface area contributed by atoms with Gasteiger partial charge in [0.1, 0.15) is 5.75 Å². The number of primary amides is 1. The highest BCUT2D eigenvalue weighted by Crippen LogP contribution is 2.24. The topological polar surface area (TPSA) is 124 Å². The predicted octanol–water partition coefficient (Wildman–Crippen LogP) is 0.567. The fourth-order valence-corrected chi connectivity index (χ4v) is 4.08. The zero-order valence-corrected chi connectivity index (χ0v) is 15.7. The monoisotopic (exact) mass is 389 g/mol. The van der Waals surface area contributed by atoms with E-state index in [4.69, 9.17) is 11.5 Å². The Balaban J connectivity index is 0.00000312. The minimum Gasteiger partial charge on any atom is -0.369 e. The third-order valence-electron chi connectivity index (χ3n) is 4.30. The lowest BCUT2D eigenvalue weighted by Crippen LogP contribution is -2.49. The van der Waals surface area contributed by atoms with Crippen molar-refractivity contribution in [1.82, 2.24) is 4.90 Å². The average Bonchev–Trinajstić information content (AvgIpc) is 2.53. The van der Waals surface area contributed by atoms with E-state index < -0.39 is 21.5 Å². The number of benzene rings is 1. The molecular formula is C16H24ClN3O4S. The Morgan fingerprint density at radius 3 is 2.36 bits per heavy atom. The normalized spacial score (nSPS) is 20.6. The van der Waals surface area contributed by atoms with Gasteiger partial charge in [-0.3, -0.25) is 9.59 Å². The van der Waals surface area contributed by atoms with Gasteiger partial charge in [-0.05, 0) is 43.0 Å². The summed E-state index contributed by atoms with van der Waals surface area (Å²) < 4.78 is 23.9. The van der Waals surface area contributed by atoms with Crippen LogP contribution in [0.2, 0.25) is 0 Å². The van der Waals surface area contributed by atoms with Crippen LogP contribution in [0.1, 0.15) is 30.1 Å². The number of amides is 2. The lowest BCUT2D eigenvalue weighted by molar-refractivity contribution is -0.115. The van der Waals surface area contributed by atoms with Gasteiger partial charge in [0.25, 0.3) is 5.91 Å². The van der Waals surface area contributed by atoms with Crippen LogP contribution in [0.5, 0.6) is 0 Å². The summed E-state index contributed by atoms with van der Waals surface area (Å²) in [6.45, 7) is 3.19. The van der Waals surface area contributed by atoms with E-state index in [9.17, 15) is 18.0 Å². The van der Waals surface area contributed by atoms with E-state index in [1.165, 1.54) is 24.3 Å². The summed E-state index contributed by atoms with van der Waals surface area (Å²) in [6.07, 6.45) is 1.79. The van der Waals surface area contributed by atoms with Crippen LogP contribution >= 0.6 is 12.4 Å². The van der Waals surface area contributed by atoms with Crippen LogP contribution in [0.25, 0.3) is 0 Å². The molecule has 1 heterocycles. The van der Waals surface area contributed by atoms with E-state index in [1.54, 1.807) is 4.90 Å². The molecule has 0 spiro atoms. The van der Waals surface area contributed by atoms with Crippen molar-refractivity contribution in [3.8, 4) is 0 Å². The van der Waals surface area contributed by atoms with Crippen LogP contribution in [0.4, 0.5) is 0 Å². The van der Waals surface area contributed by atoms with E-state index in [0.29, 0.717) is 24.6 Å². The minimum absolute atomic E-state index is 0. The molecular weight excluding hydrogens is 366 g/mol. The van der Waals surface area contributed by atoms with E-state index in [1.807, 2.05) is 0 Å². The number of likely N-dealkylation sites (tertiary alicyclic amines) is 1. The molecule has 0 saturated carbocycles. The second kappa shape index (κ2) is 8.64. The quantitative estimate of drug-likeness (QED) is 0.761. The van der Waals surface area contributed by atoms with E-state index in [-0.39, 0.29) is 29.3 Å². The van der Waals surface area contributed by atoms with Crippen molar-refractivity contribution in [1.29, 1.82) is 0 Å². The van der Waals surface area contributed by atoms with Gasteiger partial charge in [0.05, 0.1) is 4.90 Å². The summed E-state index contributed by atoms with van der Waals surface area (Å²) in [7, 11) is -3.77. The number of halogens is 1. The number of hydrogen-bond acceptors (Lipinski definition) is 5. The first kappa shape index (κ1) is 21.4. The van der Waals surface area contributed by atoms with Crippen molar-refractivity contribution < 1.29 is 18.0 Å². The molecule has 1 saturated heterocycles. The fourth-order valence-electron chi connectivity index (χ4n) is 2.98. The number of carbonyl (C=O) groups excluding carboxylic acids is 2. The molecule has 1 aromatic carbocycles. The highest BCUT2D eigenvalue weighted by atomic mass is 35.5. The molecule has 0 bridgehead atoms. The third-order valence-corrected chi connectivity index (χ3v) is 5.96. The summed E-state index contributed by atoms with van der Waals surface area (Å²) in [6, 6.07) is 5.58. The Kier molecular flexibility index (Phi) is 7.40. The molecule has 2 atom stereocenters. The molecule has 2 rings (SSSR count).